The van der Waals surface area contributed by atoms with Gasteiger partial charge in [0.15, 0.2) is 11.5 Å². The van der Waals surface area contributed by atoms with E-state index in [1.807, 2.05) is 6.07 Å². The third kappa shape index (κ3) is 3.75. The predicted molar refractivity (Wildman–Crippen MR) is 75.2 cm³/mol. The number of benzene rings is 1. The van der Waals surface area contributed by atoms with Gasteiger partial charge in [0.2, 0.25) is 0 Å². The molecule has 0 saturated carbocycles. The number of hydrogen-bond acceptors (Lipinski definition) is 4. The largest absolute Gasteiger partial charge is 0.493 e. The van der Waals surface area contributed by atoms with Gasteiger partial charge >= 0.3 is 0 Å². The molecule has 19 heavy (non-hydrogen) atoms. The molecule has 106 valence electrons. The van der Waals surface area contributed by atoms with Gasteiger partial charge in [0, 0.05) is 23.3 Å². The molecular formula is C14H20ClNO3. The Morgan fingerprint density at radius 1 is 1.47 bits per heavy atom. The summed E-state index contributed by atoms with van der Waals surface area (Å²) in [7, 11) is 1.61. The summed E-state index contributed by atoms with van der Waals surface area (Å²) in [6.07, 6.45) is 2.79. The molecule has 1 aliphatic heterocycles. The molecule has 1 heterocycles. The van der Waals surface area contributed by atoms with E-state index in [2.05, 4.69) is 0 Å². The molecule has 1 saturated heterocycles. The fraction of sp³-hybridized carbons (Fsp3) is 0.571. The van der Waals surface area contributed by atoms with Crippen molar-refractivity contribution in [2.45, 2.75) is 25.4 Å². The second-order valence-electron chi connectivity index (χ2n) is 4.59. The smallest absolute Gasteiger partial charge is 0.165 e. The van der Waals surface area contributed by atoms with Crippen LogP contribution in [0.4, 0.5) is 0 Å². The summed E-state index contributed by atoms with van der Waals surface area (Å²) in [6, 6.07) is 3.65. The van der Waals surface area contributed by atoms with Crippen molar-refractivity contribution in [1.29, 1.82) is 0 Å². The van der Waals surface area contributed by atoms with Crippen LogP contribution < -0.4 is 15.2 Å². The molecule has 1 fully saturated rings. The molecular weight excluding hydrogens is 266 g/mol. The van der Waals surface area contributed by atoms with Gasteiger partial charge in [-0.1, -0.05) is 11.6 Å². The van der Waals surface area contributed by atoms with E-state index in [-0.39, 0.29) is 6.10 Å². The molecule has 0 radical (unpaired) electrons. The van der Waals surface area contributed by atoms with Crippen molar-refractivity contribution in [1.82, 2.24) is 0 Å². The summed E-state index contributed by atoms with van der Waals surface area (Å²) in [4.78, 5) is 0. The van der Waals surface area contributed by atoms with Crippen LogP contribution in [0.25, 0.3) is 0 Å². The fourth-order valence-electron chi connectivity index (χ4n) is 2.22. The molecule has 0 amide bonds. The zero-order valence-corrected chi connectivity index (χ0v) is 11.9. The standard InChI is InChI=1S/C14H20ClNO3/c1-17-13-8-11(15)7-10(4-5-16)14(13)19-12-3-2-6-18-9-12/h7-8,12H,2-6,9,16H2,1H3. The lowest BCUT2D eigenvalue weighted by molar-refractivity contribution is 0.00605. The fourth-order valence-corrected chi connectivity index (χ4v) is 2.45. The van der Waals surface area contributed by atoms with Crippen LogP contribution in [-0.4, -0.2) is 33.0 Å². The van der Waals surface area contributed by atoms with E-state index >= 15 is 0 Å². The van der Waals surface area contributed by atoms with Crippen molar-refractivity contribution in [2.24, 2.45) is 5.73 Å². The lowest BCUT2D eigenvalue weighted by atomic mass is 10.1. The highest BCUT2D eigenvalue weighted by Crippen LogP contribution is 2.36. The van der Waals surface area contributed by atoms with E-state index in [4.69, 9.17) is 31.5 Å². The third-order valence-electron chi connectivity index (χ3n) is 3.13. The zero-order valence-electron chi connectivity index (χ0n) is 11.2. The third-order valence-corrected chi connectivity index (χ3v) is 3.35. The molecule has 0 aliphatic carbocycles. The number of ether oxygens (including phenoxy) is 3. The first-order valence-corrected chi connectivity index (χ1v) is 6.93. The van der Waals surface area contributed by atoms with Crippen molar-refractivity contribution in [2.75, 3.05) is 26.9 Å². The Hall–Kier alpha value is -0.970. The summed E-state index contributed by atoms with van der Waals surface area (Å²) in [5.74, 6) is 1.40. The maximum absolute atomic E-state index is 6.08. The number of methoxy groups -OCH3 is 1. The number of rotatable bonds is 5. The maximum Gasteiger partial charge on any atom is 0.165 e. The molecule has 1 aromatic rings. The minimum atomic E-state index is 0.0698. The first-order chi connectivity index (χ1) is 9.24. The van der Waals surface area contributed by atoms with Crippen LogP contribution in [0.15, 0.2) is 12.1 Å². The topological polar surface area (TPSA) is 53.7 Å². The lowest BCUT2D eigenvalue weighted by Crippen LogP contribution is -2.28. The molecule has 1 aliphatic rings. The van der Waals surface area contributed by atoms with Crippen LogP contribution in [-0.2, 0) is 11.2 Å². The molecule has 0 spiro atoms. The van der Waals surface area contributed by atoms with E-state index < -0.39 is 0 Å². The second-order valence-corrected chi connectivity index (χ2v) is 5.03. The van der Waals surface area contributed by atoms with Gasteiger partial charge in [-0.15, -0.1) is 0 Å². The van der Waals surface area contributed by atoms with Crippen molar-refractivity contribution < 1.29 is 14.2 Å². The van der Waals surface area contributed by atoms with E-state index in [1.165, 1.54) is 0 Å². The Morgan fingerprint density at radius 2 is 2.32 bits per heavy atom. The highest BCUT2D eigenvalue weighted by molar-refractivity contribution is 6.30. The van der Waals surface area contributed by atoms with Crippen LogP contribution in [0.5, 0.6) is 11.5 Å². The monoisotopic (exact) mass is 285 g/mol. The minimum absolute atomic E-state index is 0.0698. The van der Waals surface area contributed by atoms with Crippen LogP contribution in [0, 0.1) is 0 Å². The number of halogens is 1. The van der Waals surface area contributed by atoms with Gasteiger partial charge in [-0.3, -0.25) is 0 Å². The molecule has 4 nitrogen and oxygen atoms in total. The zero-order chi connectivity index (χ0) is 13.7. The summed E-state index contributed by atoms with van der Waals surface area (Å²) in [6.45, 7) is 1.97. The molecule has 1 atom stereocenters. The summed E-state index contributed by atoms with van der Waals surface area (Å²) in [5, 5.41) is 0.632. The molecule has 1 aromatic carbocycles. The van der Waals surface area contributed by atoms with Gasteiger partial charge in [-0.05, 0) is 31.9 Å². The number of hydrogen-bond donors (Lipinski definition) is 1. The van der Waals surface area contributed by atoms with Crippen LogP contribution in [0.1, 0.15) is 18.4 Å². The van der Waals surface area contributed by atoms with E-state index in [0.717, 1.165) is 30.8 Å². The number of nitrogens with two attached hydrogens (primary N) is 1. The van der Waals surface area contributed by atoms with Gasteiger partial charge in [0.25, 0.3) is 0 Å². The Bertz CT molecular complexity index is 419. The van der Waals surface area contributed by atoms with Gasteiger partial charge < -0.3 is 19.9 Å². The quantitative estimate of drug-likeness (QED) is 0.903. The van der Waals surface area contributed by atoms with Gasteiger partial charge in [0.05, 0.1) is 13.7 Å². The Labute approximate surface area is 118 Å². The van der Waals surface area contributed by atoms with E-state index in [0.29, 0.717) is 30.3 Å². The SMILES string of the molecule is COc1cc(Cl)cc(CCN)c1OC1CCCOC1. The highest BCUT2D eigenvalue weighted by Gasteiger charge is 2.20. The Balaban J connectivity index is 2.24. The van der Waals surface area contributed by atoms with Crippen molar-refractivity contribution in [3.05, 3.63) is 22.7 Å². The van der Waals surface area contributed by atoms with E-state index in [9.17, 15) is 0 Å². The summed E-state index contributed by atoms with van der Waals surface area (Å²) < 4.78 is 16.9. The molecule has 2 N–H and O–H groups in total. The Kier molecular flexibility index (Phi) is 5.31. The van der Waals surface area contributed by atoms with Gasteiger partial charge in [0.1, 0.15) is 6.10 Å². The molecule has 5 heteroatoms. The summed E-state index contributed by atoms with van der Waals surface area (Å²) >= 11 is 6.08. The second kappa shape index (κ2) is 6.98. The molecule has 0 bridgehead atoms. The van der Waals surface area contributed by atoms with Crippen LogP contribution >= 0.6 is 11.6 Å². The summed E-state index contributed by atoms with van der Waals surface area (Å²) in [5.41, 5.74) is 6.62. The van der Waals surface area contributed by atoms with E-state index in [1.54, 1.807) is 13.2 Å². The lowest BCUT2D eigenvalue weighted by Gasteiger charge is -2.25. The van der Waals surface area contributed by atoms with Crippen LogP contribution in [0.3, 0.4) is 0 Å². The van der Waals surface area contributed by atoms with Gasteiger partial charge in [-0.2, -0.15) is 0 Å². The Morgan fingerprint density at radius 3 is 2.95 bits per heavy atom. The molecule has 2 rings (SSSR count). The first kappa shape index (κ1) is 14.4. The van der Waals surface area contributed by atoms with Crippen molar-refractivity contribution in [3.8, 4) is 11.5 Å². The van der Waals surface area contributed by atoms with Crippen LogP contribution in [0.2, 0.25) is 5.02 Å². The van der Waals surface area contributed by atoms with Crippen molar-refractivity contribution >= 4 is 11.6 Å². The normalized spacial score (nSPS) is 19.2. The highest BCUT2D eigenvalue weighted by atomic mass is 35.5. The molecule has 0 aromatic heterocycles. The minimum Gasteiger partial charge on any atom is -0.493 e. The maximum atomic E-state index is 6.08. The molecule has 1 unspecified atom stereocenters. The average Bonchev–Trinajstić information content (AvgIpc) is 2.43. The van der Waals surface area contributed by atoms with Gasteiger partial charge in [-0.25, -0.2) is 0 Å². The van der Waals surface area contributed by atoms with Crippen molar-refractivity contribution in [3.63, 3.8) is 0 Å². The average molecular weight is 286 g/mol. The predicted octanol–water partition coefficient (Wildman–Crippen LogP) is 2.41. The first-order valence-electron chi connectivity index (χ1n) is 6.55.